The summed E-state index contributed by atoms with van der Waals surface area (Å²) in [4.78, 5) is 20.6. The van der Waals surface area contributed by atoms with E-state index in [9.17, 15) is 4.79 Å². The molecule has 39 heavy (non-hydrogen) atoms. The average Bonchev–Trinajstić information content (AvgIpc) is 3.73. The van der Waals surface area contributed by atoms with Gasteiger partial charge in [-0.15, -0.1) is 0 Å². The van der Waals surface area contributed by atoms with Crippen molar-refractivity contribution in [3.8, 4) is 33.6 Å². The highest BCUT2D eigenvalue weighted by Gasteiger charge is 2.18. The maximum Gasteiger partial charge on any atom is 0.224 e. The van der Waals surface area contributed by atoms with Gasteiger partial charge in [0.25, 0.3) is 0 Å². The van der Waals surface area contributed by atoms with E-state index in [1.807, 2.05) is 36.5 Å². The van der Waals surface area contributed by atoms with Crippen LogP contribution in [-0.2, 0) is 4.79 Å². The van der Waals surface area contributed by atoms with Gasteiger partial charge in [0.1, 0.15) is 5.69 Å². The van der Waals surface area contributed by atoms with E-state index >= 15 is 0 Å². The van der Waals surface area contributed by atoms with Gasteiger partial charge < -0.3 is 20.0 Å². The molecule has 1 aliphatic rings. The Balaban J connectivity index is 1.19. The van der Waals surface area contributed by atoms with Crippen LogP contribution in [0.3, 0.4) is 0 Å². The first-order valence-corrected chi connectivity index (χ1v) is 13.3. The van der Waals surface area contributed by atoms with Crippen molar-refractivity contribution < 1.29 is 9.21 Å². The van der Waals surface area contributed by atoms with Crippen LogP contribution in [0.2, 0.25) is 0 Å². The van der Waals surface area contributed by atoms with E-state index in [0.29, 0.717) is 18.0 Å². The van der Waals surface area contributed by atoms with Gasteiger partial charge in [-0.1, -0.05) is 18.2 Å². The van der Waals surface area contributed by atoms with Crippen molar-refractivity contribution in [3.05, 3.63) is 79.5 Å². The fourth-order valence-electron chi connectivity index (χ4n) is 5.58. The highest BCUT2D eigenvalue weighted by atomic mass is 16.3. The normalized spacial score (nSPS) is 14.3. The molecule has 5 heterocycles. The number of amides is 1. The summed E-state index contributed by atoms with van der Waals surface area (Å²) in [5.41, 5.74) is 8.55. The number of carbonyl (C=O) groups excluding carboxylic acids is 1. The molecule has 8 nitrogen and oxygen atoms in total. The molecule has 6 aromatic rings. The van der Waals surface area contributed by atoms with E-state index < -0.39 is 0 Å². The third kappa shape index (κ3) is 4.59. The van der Waals surface area contributed by atoms with E-state index in [2.05, 4.69) is 55.1 Å². The summed E-state index contributed by atoms with van der Waals surface area (Å²) in [5, 5.41) is 16.3. The molecule has 194 valence electrons. The van der Waals surface area contributed by atoms with Crippen molar-refractivity contribution in [2.24, 2.45) is 5.92 Å². The van der Waals surface area contributed by atoms with Gasteiger partial charge in [-0.25, -0.2) is 0 Å². The van der Waals surface area contributed by atoms with Crippen molar-refractivity contribution >= 4 is 33.4 Å². The highest BCUT2D eigenvalue weighted by molar-refractivity contribution is 6.02. The lowest BCUT2D eigenvalue weighted by Crippen LogP contribution is -2.30. The van der Waals surface area contributed by atoms with Crippen LogP contribution in [0, 0.1) is 5.92 Å². The predicted octanol–water partition coefficient (Wildman–Crippen LogP) is 6.36. The first-order valence-electron chi connectivity index (χ1n) is 13.3. The molecule has 1 amide bonds. The lowest BCUT2D eigenvalue weighted by atomic mass is 9.94. The Hall–Kier alpha value is -4.69. The molecule has 0 atom stereocenters. The summed E-state index contributed by atoms with van der Waals surface area (Å²) in [7, 11) is 0. The van der Waals surface area contributed by atoms with Crippen LogP contribution in [-0.4, -0.2) is 39.2 Å². The number of anilines is 1. The fourth-order valence-corrected chi connectivity index (χ4v) is 5.58. The quantitative estimate of drug-likeness (QED) is 0.206. The molecule has 8 heteroatoms. The summed E-state index contributed by atoms with van der Waals surface area (Å²) in [6.45, 7) is 1.97. The van der Waals surface area contributed by atoms with Crippen molar-refractivity contribution in [2.45, 2.75) is 19.3 Å². The molecule has 4 aromatic heterocycles. The summed E-state index contributed by atoms with van der Waals surface area (Å²) < 4.78 is 5.32. The topological polar surface area (TPSA) is 112 Å². The number of rotatable bonds is 6. The molecular formula is C31H28N6O2. The van der Waals surface area contributed by atoms with Crippen LogP contribution in [0.5, 0.6) is 0 Å². The van der Waals surface area contributed by atoms with Gasteiger partial charge in [-0.3, -0.25) is 14.9 Å². The highest BCUT2D eigenvalue weighted by Crippen LogP contribution is 2.35. The van der Waals surface area contributed by atoms with Crippen LogP contribution in [0.25, 0.3) is 55.4 Å². The van der Waals surface area contributed by atoms with Gasteiger partial charge >= 0.3 is 0 Å². The number of piperidine rings is 1. The lowest BCUT2D eigenvalue weighted by Gasteiger charge is -2.21. The molecule has 7 rings (SSSR count). The number of fused-ring (bicyclic) bond motifs is 2. The average molecular weight is 517 g/mol. The van der Waals surface area contributed by atoms with Crippen LogP contribution in [0.4, 0.5) is 5.69 Å². The Morgan fingerprint density at radius 2 is 1.87 bits per heavy atom. The minimum atomic E-state index is 0.0435. The Labute approximate surface area is 224 Å². The Morgan fingerprint density at radius 1 is 0.949 bits per heavy atom. The lowest BCUT2D eigenvalue weighted by molar-refractivity contribution is -0.117. The Kier molecular flexibility index (Phi) is 5.94. The summed E-state index contributed by atoms with van der Waals surface area (Å²) in [6, 6.07) is 18.5. The first-order chi connectivity index (χ1) is 19.2. The van der Waals surface area contributed by atoms with E-state index in [-0.39, 0.29) is 5.91 Å². The van der Waals surface area contributed by atoms with Crippen LogP contribution in [0.1, 0.15) is 19.3 Å². The number of nitrogens with zero attached hydrogens (tertiary/aromatic N) is 2. The van der Waals surface area contributed by atoms with Gasteiger partial charge in [-0.05, 0) is 79.4 Å². The summed E-state index contributed by atoms with van der Waals surface area (Å²) in [5.74, 6) is 0.478. The molecule has 4 N–H and O–H groups in total. The molecule has 2 aromatic carbocycles. The molecule has 0 unspecified atom stereocenters. The number of furan rings is 1. The Bertz CT molecular complexity index is 1780. The summed E-state index contributed by atoms with van der Waals surface area (Å²) in [6.07, 6.45) is 9.60. The van der Waals surface area contributed by atoms with Crippen LogP contribution < -0.4 is 10.6 Å². The summed E-state index contributed by atoms with van der Waals surface area (Å²) >= 11 is 0. The minimum Gasteiger partial charge on any atom is -0.472 e. The second kappa shape index (κ2) is 9.89. The molecule has 0 saturated carbocycles. The molecule has 0 radical (unpaired) electrons. The third-order valence-electron chi connectivity index (χ3n) is 7.60. The van der Waals surface area contributed by atoms with Crippen LogP contribution in [0.15, 0.2) is 83.9 Å². The number of benzene rings is 2. The van der Waals surface area contributed by atoms with Gasteiger partial charge in [0.2, 0.25) is 5.91 Å². The van der Waals surface area contributed by atoms with Crippen molar-refractivity contribution in [1.29, 1.82) is 0 Å². The van der Waals surface area contributed by atoms with Crippen molar-refractivity contribution in [1.82, 2.24) is 25.5 Å². The standard InChI is InChI=1S/C31H28N6O2/c38-30(12-19-6-9-32-10-7-19)34-23-13-22(16-33-17-23)20-4-5-28-26(14-20)31(37-36-28)29-15-25-24(21-8-11-39-18-21)2-1-3-27(25)35-29/h1-5,8,11,13-19,32,35H,6-7,9-10,12H2,(H,34,38)(H,36,37). The molecule has 1 aliphatic heterocycles. The van der Waals surface area contributed by atoms with E-state index in [4.69, 9.17) is 4.42 Å². The SMILES string of the molecule is O=C(CC1CCNCC1)Nc1cncc(-c2ccc3[nH]nc(-c4cc5c(-c6ccoc6)cccc5[nH]4)c3c2)c1. The number of hydrogen-bond acceptors (Lipinski definition) is 5. The fraction of sp³-hybridized carbons (Fsp3) is 0.194. The first kappa shape index (κ1) is 23.4. The van der Waals surface area contributed by atoms with E-state index in [0.717, 1.165) is 81.4 Å². The zero-order valence-corrected chi connectivity index (χ0v) is 21.3. The zero-order chi connectivity index (χ0) is 26.2. The second-order valence-corrected chi connectivity index (χ2v) is 10.2. The number of H-pyrrole nitrogens is 2. The third-order valence-corrected chi connectivity index (χ3v) is 7.60. The number of pyridine rings is 1. The largest absolute Gasteiger partial charge is 0.472 e. The van der Waals surface area contributed by atoms with E-state index in [1.54, 1.807) is 18.7 Å². The number of carbonyl (C=O) groups is 1. The van der Waals surface area contributed by atoms with Crippen molar-refractivity contribution in [2.75, 3.05) is 18.4 Å². The van der Waals surface area contributed by atoms with Gasteiger partial charge in [0, 0.05) is 40.0 Å². The molecular weight excluding hydrogens is 488 g/mol. The second-order valence-electron chi connectivity index (χ2n) is 10.2. The maximum absolute atomic E-state index is 12.7. The van der Waals surface area contributed by atoms with Crippen LogP contribution >= 0.6 is 0 Å². The molecule has 1 saturated heterocycles. The van der Waals surface area contributed by atoms with E-state index in [1.165, 1.54) is 0 Å². The molecule has 1 fully saturated rings. The number of hydrogen-bond donors (Lipinski definition) is 4. The monoisotopic (exact) mass is 516 g/mol. The molecule has 0 aliphatic carbocycles. The van der Waals surface area contributed by atoms with Gasteiger partial charge in [-0.2, -0.15) is 5.10 Å². The Morgan fingerprint density at radius 3 is 2.74 bits per heavy atom. The van der Waals surface area contributed by atoms with Gasteiger partial charge in [0.05, 0.1) is 35.6 Å². The minimum absolute atomic E-state index is 0.0435. The zero-order valence-electron chi connectivity index (χ0n) is 21.3. The number of aromatic nitrogens is 4. The molecule has 0 bridgehead atoms. The maximum atomic E-state index is 12.7. The number of aromatic amines is 2. The predicted molar refractivity (Wildman–Crippen MR) is 153 cm³/mol. The smallest absolute Gasteiger partial charge is 0.224 e. The molecule has 0 spiro atoms. The van der Waals surface area contributed by atoms with Gasteiger partial charge in [0.15, 0.2) is 0 Å². The van der Waals surface area contributed by atoms with Crippen molar-refractivity contribution in [3.63, 3.8) is 0 Å². The number of nitrogens with one attached hydrogen (secondary N) is 4.